The van der Waals surface area contributed by atoms with E-state index >= 15 is 0 Å². The number of rotatable bonds is 10. The van der Waals surface area contributed by atoms with E-state index in [1.807, 2.05) is 9.80 Å². The average molecular weight is 538 g/mol. The molecule has 0 spiro atoms. The summed E-state index contributed by atoms with van der Waals surface area (Å²) >= 11 is 0. The molecule has 1 atom stereocenters. The second-order valence-electron chi connectivity index (χ2n) is 8.85. The van der Waals surface area contributed by atoms with Gasteiger partial charge in [-0.3, -0.25) is 14.6 Å². The Bertz CT molecular complexity index is 532. The minimum absolute atomic E-state index is 0. The molecule has 1 aliphatic rings. The van der Waals surface area contributed by atoms with Crippen molar-refractivity contribution in [2.75, 3.05) is 39.8 Å². The van der Waals surface area contributed by atoms with E-state index in [1.54, 1.807) is 7.05 Å². The van der Waals surface area contributed by atoms with Crippen molar-refractivity contribution in [3.63, 3.8) is 0 Å². The number of aliphatic imine (C=N–C) groups is 1. The van der Waals surface area contributed by atoms with Gasteiger partial charge in [-0.05, 0) is 31.6 Å². The average Bonchev–Trinajstić information content (AvgIpc) is 2.68. The Kier molecular flexibility index (Phi) is 15.1. The van der Waals surface area contributed by atoms with Crippen molar-refractivity contribution in [3.05, 3.63) is 0 Å². The van der Waals surface area contributed by atoms with E-state index in [-0.39, 0.29) is 35.8 Å². The summed E-state index contributed by atoms with van der Waals surface area (Å²) in [6.45, 7) is 14.2. The van der Waals surface area contributed by atoms with Gasteiger partial charge in [0.25, 0.3) is 0 Å². The third-order valence-corrected chi connectivity index (χ3v) is 5.52. The van der Waals surface area contributed by atoms with Crippen molar-refractivity contribution in [1.82, 2.24) is 20.4 Å². The van der Waals surface area contributed by atoms with Crippen LogP contribution < -0.4 is 10.6 Å². The fraction of sp³-hybridized carbons (Fsp3) is 0.864. The molecule has 2 amide bonds. The number of carbonyl (C=O) groups is 2. The van der Waals surface area contributed by atoms with Crippen LogP contribution in [0, 0.1) is 11.8 Å². The molecule has 1 saturated heterocycles. The monoisotopic (exact) mass is 537 g/mol. The normalized spacial score (nSPS) is 15.8. The fourth-order valence-electron chi connectivity index (χ4n) is 3.20. The van der Waals surface area contributed by atoms with Crippen LogP contribution in [0.4, 0.5) is 0 Å². The molecule has 1 heterocycles. The SMILES string of the molecule is CN=C(NCCCCCC(=O)N1CCN(C(=O)CC(C)C)CC1)NC(C)C(C)C.I. The van der Waals surface area contributed by atoms with Crippen LogP contribution in [-0.2, 0) is 9.59 Å². The molecular weight excluding hydrogens is 493 g/mol. The van der Waals surface area contributed by atoms with Gasteiger partial charge in [-0.25, -0.2) is 0 Å². The molecule has 8 heteroatoms. The van der Waals surface area contributed by atoms with Gasteiger partial charge in [-0.15, -0.1) is 24.0 Å². The molecule has 0 bridgehead atoms. The minimum atomic E-state index is 0. The van der Waals surface area contributed by atoms with Gasteiger partial charge < -0.3 is 20.4 Å². The summed E-state index contributed by atoms with van der Waals surface area (Å²) in [5.74, 6) is 2.21. The maximum Gasteiger partial charge on any atom is 0.222 e. The number of nitrogens with one attached hydrogen (secondary N) is 2. The third-order valence-electron chi connectivity index (χ3n) is 5.52. The highest BCUT2D eigenvalue weighted by atomic mass is 127. The van der Waals surface area contributed by atoms with Crippen molar-refractivity contribution < 1.29 is 9.59 Å². The van der Waals surface area contributed by atoms with Crippen molar-refractivity contribution >= 4 is 41.8 Å². The van der Waals surface area contributed by atoms with Gasteiger partial charge in [-0.1, -0.05) is 34.1 Å². The van der Waals surface area contributed by atoms with Crippen molar-refractivity contribution in [2.45, 2.75) is 72.8 Å². The zero-order valence-corrected chi connectivity index (χ0v) is 22.2. The van der Waals surface area contributed by atoms with E-state index in [4.69, 9.17) is 0 Å². The van der Waals surface area contributed by atoms with E-state index in [0.29, 0.717) is 56.9 Å². The summed E-state index contributed by atoms with van der Waals surface area (Å²) < 4.78 is 0. The van der Waals surface area contributed by atoms with Gasteiger partial charge in [0, 0.05) is 58.7 Å². The van der Waals surface area contributed by atoms with Crippen LogP contribution in [0.25, 0.3) is 0 Å². The zero-order valence-electron chi connectivity index (χ0n) is 19.9. The summed E-state index contributed by atoms with van der Waals surface area (Å²) in [5.41, 5.74) is 0. The number of carbonyl (C=O) groups excluding carboxylic acids is 2. The van der Waals surface area contributed by atoms with Crippen molar-refractivity contribution in [1.29, 1.82) is 0 Å². The largest absolute Gasteiger partial charge is 0.356 e. The standard InChI is InChI=1S/C22H43N5O2.HI/c1-17(2)16-21(29)27-14-12-26(13-15-27)20(28)10-8-7-9-11-24-22(23-6)25-19(5)18(3)4;/h17-19H,7-16H2,1-6H3,(H2,23,24,25);1H. The topological polar surface area (TPSA) is 77.0 Å². The van der Waals surface area contributed by atoms with Gasteiger partial charge in [0.1, 0.15) is 0 Å². The van der Waals surface area contributed by atoms with E-state index in [1.165, 1.54) is 0 Å². The lowest BCUT2D eigenvalue weighted by atomic mass is 10.1. The first-order chi connectivity index (χ1) is 13.7. The second-order valence-corrected chi connectivity index (χ2v) is 8.85. The molecular formula is C22H44IN5O2. The van der Waals surface area contributed by atoms with Crippen molar-refractivity contribution in [2.24, 2.45) is 16.8 Å². The highest BCUT2D eigenvalue weighted by Crippen LogP contribution is 2.10. The molecule has 2 N–H and O–H groups in total. The van der Waals surface area contributed by atoms with E-state index < -0.39 is 0 Å². The van der Waals surface area contributed by atoms with Crippen LogP contribution in [0.2, 0.25) is 0 Å². The Morgan fingerprint density at radius 3 is 1.97 bits per heavy atom. The minimum Gasteiger partial charge on any atom is -0.356 e. The summed E-state index contributed by atoms with van der Waals surface area (Å²) in [5, 5.41) is 6.73. The molecule has 0 radical (unpaired) electrons. The van der Waals surface area contributed by atoms with Crippen molar-refractivity contribution in [3.8, 4) is 0 Å². The Balaban J connectivity index is 0.00000841. The van der Waals surface area contributed by atoms with Gasteiger partial charge in [0.2, 0.25) is 11.8 Å². The lowest BCUT2D eigenvalue weighted by molar-refractivity contribution is -0.140. The van der Waals surface area contributed by atoms with Crippen LogP contribution in [0.15, 0.2) is 4.99 Å². The third kappa shape index (κ3) is 11.4. The fourth-order valence-corrected chi connectivity index (χ4v) is 3.20. The van der Waals surface area contributed by atoms with Crippen LogP contribution in [0.5, 0.6) is 0 Å². The lowest BCUT2D eigenvalue weighted by Crippen LogP contribution is -2.50. The van der Waals surface area contributed by atoms with Crippen LogP contribution in [0.1, 0.15) is 66.7 Å². The first kappa shape index (κ1) is 28.9. The number of hydrogen-bond acceptors (Lipinski definition) is 3. The number of halogens is 1. The summed E-state index contributed by atoms with van der Waals surface area (Å²) in [6, 6.07) is 0.375. The number of piperazine rings is 1. The van der Waals surface area contributed by atoms with Gasteiger partial charge in [-0.2, -0.15) is 0 Å². The molecule has 0 aromatic rings. The zero-order chi connectivity index (χ0) is 21.8. The molecule has 0 aromatic heterocycles. The molecule has 1 fully saturated rings. The molecule has 0 aromatic carbocycles. The Labute approximate surface area is 200 Å². The maximum atomic E-state index is 12.4. The second kappa shape index (κ2) is 15.7. The number of hydrogen-bond donors (Lipinski definition) is 2. The summed E-state index contributed by atoms with van der Waals surface area (Å²) in [7, 11) is 1.79. The lowest BCUT2D eigenvalue weighted by Gasteiger charge is -2.35. The summed E-state index contributed by atoms with van der Waals surface area (Å²) in [6.07, 6.45) is 4.13. The Hall–Kier alpha value is -1.06. The first-order valence-corrected chi connectivity index (χ1v) is 11.3. The summed E-state index contributed by atoms with van der Waals surface area (Å²) in [4.78, 5) is 32.6. The predicted octanol–water partition coefficient (Wildman–Crippen LogP) is 3.09. The van der Waals surface area contributed by atoms with E-state index in [2.05, 4.69) is 50.2 Å². The molecule has 1 rings (SSSR count). The predicted molar refractivity (Wildman–Crippen MR) is 135 cm³/mol. The van der Waals surface area contributed by atoms with Gasteiger partial charge in [0.15, 0.2) is 5.96 Å². The number of guanidine groups is 1. The smallest absolute Gasteiger partial charge is 0.222 e. The highest BCUT2D eigenvalue weighted by Gasteiger charge is 2.23. The van der Waals surface area contributed by atoms with Crippen LogP contribution in [-0.4, -0.2) is 73.4 Å². The molecule has 7 nitrogen and oxygen atoms in total. The molecule has 1 aliphatic heterocycles. The maximum absolute atomic E-state index is 12.4. The molecule has 0 saturated carbocycles. The number of unbranched alkanes of at least 4 members (excludes halogenated alkanes) is 2. The first-order valence-electron chi connectivity index (χ1n) is 11.3. The Morgan fingerprint density at radius 2 is 1.47 bits per heavy atom. The Morgan fingerprint density at radius 1 is 0.900 bits per heavy atom. The highest BCUT2D eigenvalue weighted by molar-refractivity contribution is 14.0. The van der Waals surface area contributed by atoms with E-state index in [0.717, 1.165) is 31.8 Å². The van der Waals surface area contributed by atoms with Gasteiger partial charge in [0.05, 0.1) is 0 Å². The number of nitrogens with zero attached hydrogens (tertiary/aromatic N) is 3. The molecule has 176 valence electrons. The van der Waals surface area contributed by atoms with Crippen LogP contribution >= 0.6 is 24.0 Å². The number of amides is 2. The molecule has 0 aliphatic carbocycles. The quantitative estimate of drug-likeness (QED) is 0.194. The van der Waals surface area contributed by atoms with Gasteiger partial charge >= 0.3 is 0 Å². The van der Waals surface area contributed by atoms with E-state index in [9.17, 15) is 9.59 Å². The molecule has 1 unspecified atom stereocenters. The molecule has 30 heavy (non-hydrogen) atoms. The van der Waals surface area contributed by atoms with Crippen LogP contribution in [0.3, 0.4) is 0 Å².